The zero-order valence-electron chi connectivity index (χ0n) is 15.7. The number of sulfonamides is 1. The highest BCUT2D eigenvalue weighted by Gasteiger charge is 2.17. The van der Waals surface area contributed by atoms with Gasteiger partial charge in [-0.15, -0.1) is 0 Å². The number of nitrogens with one attached hydrogen (secondary N) is 1. The highest BCUT2D eigenvalue weighted by atomic mass is 35.5. The molecule has 1 N–H and O–H groups in total. The normalized spacial score (nSPS) is 12.7. The molecule has 0 saturated heterocycles. The van der Waals surface area contributed by atoms with Gasteiger partial charge in [0.2, 0.25) is 10.0 Å². The Bertz CT molecular complexity index is 912. The Morgan fingerprint density at radius 1 is 1.19 bits per heavy atom. The minimum absolute atomic E-state index is 0.206. The van der Waals surface area contributed by atoms with E-state index in [2.05, 4.69) is 5.32 Å². The summed E-state index contributed by atoms with van der Waals surface area (Å²) in [5, 5.41) is 3.41. The van der Waals surface area contributed by atoms with Crippen LogP contribution in [0.2, 0.25) is 5.02 Å². The minimum atomic E-state index is -3.46. The molecule has 0 aliphatic heterocycles. The highest BCUT2D eigenvalue weighted by molar-refractivity contribution is 7.89. The molecule has 8 heteroatoms. The summed E-state index contributed by atoms with van der Waals surface area (Å²) in [4.78, 5) is 12.4. The molecule has 27 heavy (non-hydrogen) atoms. The summed E-state index contributed by atoms with van der Waals surface area (Å²) in [5.74, 6) is 0.297. The van der Waals surface area contributed by atoms with Crippen LogP contribution in [0.1, 0.15) is 18.1 Å². The molecule has 2 rings (SSSR count). The summed E-state index contributed by atoms with van der Waals surface area (Å²) in [7, 11) is -0.505. The zero-order valence-corrected chi connectivity index (χ0v) is 17.3. The number of rotatable bonds is 7. The van der Waals surface area contributed by atoms with Gasteiger partial charge in [-0.2, -0.15) is 0 Å². The number of halogens is 1. The Hall–Kier alpha value is -2.09. The second-order valence-electron chi connectivity index (χ2n) is 6.32. The van der Waals surface area contributed by atoms with Crippen LogP contribution in [0.25, 0.3) is 0 Å². The predicted octanol–water partition coefficient (Wildman–Crippen LogP) is 2.98. The number of carbonyl (C=O) groups excluding carboxylic acids is 1. The first-order valence-corrected chi connectivity index (χ1v) is 10.1. The lowest BCUT2D eigenvalue weighted by molar-refractivity contribution is -0.127. The molecule has 1 unspecified atom stereocenters. The van der Waals surface area contributed by atoms with E-state index in [0.29, 0.717) is 10.8 Å². The fraction of sp³-hybridized carbons (Fsp3) is 0.316. The molecule has 0 aromatic heterocycles. The minimum Gasteiger partial charge on any atom is -0.481 e. The third-order valence-electron chi connectivity index (χ3n) is 3.98. The summed E-state index contributed by atoms with van der Waals surface area (Å²) < 4.78 is 30.9. The van der Waals surface area contributed by atoms with Gasteiger partial charge in [-0.3, -0.25) is 4.79 Å². The van der Waals surface area contributed by atoms with Gasteiger partial charge in [0.15, 0.2) is 6.10 Å². The van der Waals surface area contributed by atoms with Crippen molar-refractivity contribution in [1.82, 2.24) is 9.62 Å². The van der Waals surface area contributed by atoms with E-state index in [9.17, 15) is 13.2 Å². The van der Waals surface area contributed by atoms with Gasteiger partial charge in [0.1, 0.15) is 5.75 Å². The SMILES string of the molecule is Cc1cc(OC(C)C(=O)NCc2ccc(S(=O)(=O)N(C)C)cc2)ccc1Cl. The number of aryl methyl sites for hydroxylation is 1. The first kappa shape index (κ1) is 21.2. The standard InChI is InChI=1S/C19H23ClN2O4S/c1-13-11-16(7-10-18(13)20)26-14(2)19(23)21-12-15-5-8-17(9-6-15)27(24,25)22(3)4/h5-11,14H,12H2,1-4H3,(H,21,23). The lowest BCUT2D eigenvalue weighted by atomic mass is 10.2. The fourth-order valence-electron chi connectivity index (χ4n) is 2.27. The second kappa shape index (κ2) is 8.73. The second-order valence-corrected chi connectivity index (χ2v) is 8.88. The van der Waals surface area contributed by atoms with Crippen LogP contribution in [-0.2, 0) is 21.4 Å². The monoisotopic (exact) mass is 410 g/mol. The lowest BCUT2D eigenvalue weighted by Gasteiger charge is -2.16. The molecule has 0 aliphatic carbocycles. The van der Waals surface area contributed by atoms with Gasteiger partial charge in [-0.05, 0) is 55.3 Å². The molecule has 146 valence electrons. The fourth-order valence-corrected chi connectivity index (χ4v) is 3.29. The molecule has 6 nitrogen and oxygen atoms in total. The van der Waals surface area contributed by atoms with Crippen molar-refractivity contribution >= 4 is 27.5 Å². The Kier molecular flexibility index (Phi) is 6.86. The first-order valence-electron chi connectivity index (χ1n) is 8.33. The summed E-state index contributed by atoms with van der Waals surface area (Å²) in [6.45, 7) is 3.79. The molecule has 0 aliphatic rings. The van der Waals surface area contributed by atoms with E-state index in [4.69, 9.17) is 16.3 Å². The van der Waals surface area contributed by atoms with E-state index < -0.39 is 16.1 Å². The highest BCUT2D eigenvalue weighted by Crippen LogP contribution is 2.22. The third kappa shape index (κ3) is 5.45. The number of hydrogen-bond donors (Lipinski definition) is 1. The molecular weight excluding hydrogens is 388 g/mol. The summed E-state index contributed by atoms with van der Waals surface area (Å²) in [6.07, 6.45) is -0.682. The van der Waals surface area contributed by atoms with E-state index in [1.54, 1.807) is 37.3 Å². The van der Waals surface area contributed by atoms with E-state index in [-0.39, 0.29) is 17.3 Å². The number of benzene rings is 2. The van der Waals surface area contributed by atoms with Crippen LogP contribution in [0.15, 0.2) is 47.4 Å². The van der Waals surface area contributed by atoms with Crippen LogP contribution in [0.3, 0.4) is 0 Å². The molecule has 2 aromatic rings. The number of nitrogens with zero attached hydrogens (tertiary/aromatic N) is 1. The van der Waals surface area contributed by atoms with E-state index in [1.807, 2.05) is 6.92 Å². The van der Waals surface area contributed by atoms with E-state index in [0.717, 1.165) is 15.4 Å². The average molecular weight is 411 g/mol. The molecule has 0 heterocycles. The Balaban J connectivity index is 1.93. The molecule has 0 saturated carbocycles. The van der Waals surface area contributed by atoms with Gasteiger partial charge in [0.05, 0.1) is 4.90 Å². The van der Waals surface area contributed by atoms with Crippen LogP contribution in [0, 0.1) is 6.92 Å². The maximum absolute atomic E-state index is 12.2. The van der Waals surface area contributed by atoms with Gasteiger partial charge >= 0.3 is 0 Å². The molecule has 0 fully saturated rings. The largest absolute Gasteiger partial charge is 0.481 e. The van der Waals surface area contributed by atoms with E-state index in [1.165, 1.54) is 26.2 Å². The van der Waals surface area contributed by atoms with Crippen molar-refractivity contribution in [3.05, 3.63) is 58.6 Å². The van der Waals surface area contributed by atoms with Crippen LogP contribution < -0.4 is 10.1 Å². The summed E-state index contributed by atoms with van der Waals surface area (Å²) in [6, 6.07) is 11.6. The van der Waals surface area contributed by atoms with Crippen LogP contribution >= 0.6 is 11.6 Å². The Morgan fingerprint density at radius 2 is 1.81 bits per heavy atom. The van der Waals surface area contributed by atoms with Crippen molar-refractivity contribution in [1.29, 1.82) is 0 Å². The van der Waals surface area contributed by atoms with Gasteiger partial charge in [0, 0.05) is 25.7 Å². The van der Waals surface area contributed by atoms with Crippen molar-refractivity contribution in [2.45, 2.75) is 31.4 Å². The maximum Gasteiger partial charge on any atom is 0.261 e. The molecular formula is C19H23ClN2O4S. The first-order chi connectivity index (χ1) is 12.6. The molecule has 1 atom stereocenters. The maximum atomic E-state index is 12.2. The topological polar surface area (TPSA) is 75.7 Å². The van der Waals surface area contributed by atoms with E-state index >= 15 is 0 Å². The number of ether oxygens (including phenoxy) is 1. The van der Waals surface area contributed by atoms with Crippen molar-refractivity contribution < 1.29 is 17.9 Å². The average Bonchev–Trinajstić information content (AvgIpc) is 2.62. The summed E-state index contributed by atoms with van der Waals surface area (Å²) in [5.41, 5.74) is 1.66. The number of amides is 1. The van der Waals surface area contributed by atoms with Crippen molar-refractivity contribution in [3.63, 3.8) is 0 Å². The molecule has 2 aromatic carbocycles. The number of carbonyl (C=O) groups is 1. The third-order valence-corrected chi connectivity index (χ3v) is 6.23. The quantitative estimate of drug-likeness (QED) is 0.761. The molecule has 0 radical (unpaired) electrons. The predicted molar refractivity (Wildman–Crippen MR) is 105 cm³/mol. The van der Waals surface area contributed by atoms with Crippen LogP contribution in [-0.4, -0.2) is 38.8 Å². The van der Waals surface area contributed by atoms with Crippen LogP contribution in [0.5, 0.6) is 5.75 Å². The van der Waals surface area contributed by atoms with Crippen molar-refractivity contribution in [3.8, 4) is 5.75 Å². The number of hydrogen-bond acceptors (Lipinski definition) is 4. The summed E-state index contributed by atoms with van der Waals surface area (Å²) >= 11 is 5.98. The molecule has 0 bridgehead atoms. The van der Waals surface area contributed by atoms with Gasteiger partial charge < -0.3 is 10.1 Å². The van der Waals surface area contributed by atoms with Crippen molar-refractivity contribution in [2.75, 3.05) is 14.1 Å². The van der Waals surface area contributed by atoms with Gasteiger partial charge in [0.25, 0.3) is 5.91 Å². The Labute approximate surface area is 165 Å². The lowest BCUT2D eigenvalue weighted by Crippen LogP contribution is -2.35. The smallest absolute Gasteiger partial charge is 0.261 e. The zero-order chi connectivity index (χ0) is 20.2. The van der Waals surface area contributed by atoms with Crippen molar-refractivity contribution in [2.24, 2.45) is 0 Å². The molecule has 1 amide bonds. The van der Waals surface area contributed by atoms with Gasteiger partial charge in [-0.25, -0.2) is 12.7 Å². The van der Waals surface area contributed by atoms with Gasteiger partial charge in [-0.1, -0.05) is 23.7 Å². The Morgan fingerprint density at radius 3 is 2.37 bits per heavy atom. The van der Waals surface area contributed by atoms with Crippen LogP contribution in [0.4, 0.5) is 0 Å². The molecule has 0 spiro atoms.